The van der Waals surface area contributed by atoms with E-state index in [1.54, 1.807) is 43.5 Å². The quantitative estimate of drug-likeness (QED) is 0.721. The van der Waals surface area contributed by atoms with Crippen molar-refractivity contribution in [3.63, 3.8) is 0 Å². The standard InChI is InChI=1S/C17H17N5O4/c1-24-13-8-7-11(9-12(13)22-10-18-20-21-22)19-17(23)16-14(25-2)5-4-6-15(16)26-3/h4-10H,1-3H3,(H,19,23). The lowest BCUT2D eigenvalue weighted by molar-refractivity contribution is 0.102. The normalized spacial score (nSPS) is 10.3. The Balaban J connectivity index is 1.95. The van der Waals surface area contributed by atoms with E-state index in [0.29, 0.717) is 34.2 Å². The van der Waals surface area contributed by atoms with Crippen molar-refractivity contribution in [3.05, 3.63) is 48.3 Å². The molecule has 3 aromatic rings. The molecule has 2 aromatic carbocycles. The van der Waals surface area contributed by atoms with E-state index in [-0.39, 0.29) is 5.91 Å². The lowest BCUT2D eigenvalue weighted by atomic mass is 10.1. The largest absolute Gasteiger partial charge is 0.496 e. The molecule has 26 heavy (non-hydrogen) atoms. The van der Waals surface area contributed by atoms with E-state index >= 15 is 0 Å². The summed E-state index contributed by atoms with van der Waals surface area (Å²) in [5.74, 6) is 1.02. The first-order chi connectivity index (χ1) is 12.7. The van der Waals surface area contributed by atoms with Crippen LogP contribution in [-0.4, -0.2) is 47.4 Å². The minimum atomic E-state index is -0.368. The van der Waals surface area contributed by atoms with Crippen LogP contribution in [0.1, 0.15) is 10.4 Å². The molecule has 1 heterocycles. The number of methoxy groups -OCH3 is 3. The van der Waals surface area contributed by atoms with Crippen LogP contribution in [0.5, 0.6) is 17.2 Å². The first-order valence-electron chi connectivity index (χ1n) is 7.61. The minimum absolute atomic E-state index is 0.303. The molecule has 0 aliphatic heterocycles. The summed E-state index contributed by atoms with van der Waals surface area (Å²) in [4.78, 5) is 12.8. The summed E-state index contributed by atoms with van der Waals surface area (Å²) < 4.78 is 17.3. The van der Waals surface area contributed by atoms with E-state index in [0.717, 1.165) is 0 Å². The minimum Gasteiger partial charge on any atom is -0.496 e. The summed E-state index contributed by atoms with van der Waals surface area (Å²) in [6, 6.07) is 10.3. The molecule has 0 radical (unpaired) electrons. The molecule has 0 aliphatic rings. The summed E-state index contributed by atoms with van der Waals surface area (Å²) >= 11 is 0. The lowest BCUT2D eigenvalue weighted by Crippen LogP contribution is -2.15. The first-order valence-corrected chi connectivity index (χ1v) is 7.61. The van der Waals surface area contributed by atoms with Crippen molar-refractivity contribution in [2.24, 2.45) is 0 Å². The van der Waals surface area contributed by atoms with Gasteiger partial charge in [-0.3, -0.25) is 4.79 Å². The number of hydrogen-bond acceptors (Lipinski definition) is 7. The summed E-state index contributed by atoms with van der Waals surface area (Å²) in [5.41, 5.74) is 1.42. The Morgan fingerprint density at radius 2 is 1.69 bits per heavy atom. The highest BCUT2D eigenvalue weighted by molar-refractivity contribution is 6.08. The third kappa shape index (κ3) is 3.27. The number of ether oxygens (including phenoxy) is 3. The van der Waals surface area contributed by atoms with Crippen LogP contribution in [-0.2, 0) is 0 Å². The van der Waals surface area contributed by atoms with Gasteiger partial charge in [-0.05, 0) is 40.8 Å². The first kappa shape index (κ1) is 17.2. The summed E-state index contributed by atoms with van der Waals surface area (Å²) in [7, 11) is 4.53. The van der Waals surface area contributed by atoms with Crippen LogP contribution in [0.15, 0.2) is 42.7 Å². The molecule has 134 valence electrons. The van der Waals surface area contributed by atoms with Gasteiger partial charge in [-0.2, -0.15) is 4.68 Å². The van der Waals surface area contributed by atoms with E-state index in [1.165, 1.54) is 25.2 Å². The number of amides is 1. The highest BCUT2D eigenvalue weighted by Crippen LogP contribution is 2.30. The fourth-order valence-electron chi connectivity index (χ4n) is 2.49. The van der Waals surface area contributed by atoms with Crippen LogP contribution in [0.25, 0.3) is 5.69 Å². The zero-order valence-corrected chi connectivity index (χ0v) is 14.5. The van der Waals surface area contributed by atoms with E-state index in [4.69, 9.17) is 14.2 Å². The monoisotopic (exact) mass is 355 g/mol. The van der Waals surface area contributed by atoms with Crippen molar-refractivity contribution in [1.29, 1.82) is 0 Å². The van der Waals surface area contributed by atoms with E-state index in [2.05, 4.69) is 20.8 Å². The van der Waals surface area contributed by atoms with Gasteiger partial charge >= 0.3 is 0 Å². The zero-order chi connectivity index (χ0) is 18.5. The van der Waals surface area contributed by atoms with E-state index in [1.807, 2.05) is 0 Å². The molecule has 3 rings (SSSR count). The molecule has 1 aromatic heterocycles. The van der Waals surface area contributed by atoms with Crippen LogP contribution >= 0.6 is 0 Å². The maximum atomic E-state index is 12.8. The van der Waals surface area contributed by atoms with Gasteiger partial charge in [0.05, 0.1) is 21.3 Å². The van der Waals surface area contributed by atoms with Crippen molar-refractivity contribution < 1.29 is 19.0 Å². The van der Waals surface area contributed by atoms with Crippen molar-refractivity contribution >= 4 is 11.6 Å². The molecule has 0 saturated carbocycles. The van der Waals surface area contributed by atoms with Gasteiger partial charge in [0.1, 0.15) is 34.8 Å². The van der Waals surface area contributed by atoms with Crippen molar-refractivity contribution in [1.82, 2.24) is 20.2 Å². The Morgan fingerprint density at radius 1 is 1.00 bits per heavy atom. The van der Waals surface area contributed by atoms with Gasteiger partial charge in [-0.15, -0.1) is 5.10 Å². The third-order valence-corrected chi connectivity index (χ3v) is 3.69. The molecular formula is C17H17N5O4. The third-order valence-electron chi connectivity index (χ3n) is 3.69. The fraction of sp³-hybridized carbons (Fsp3) is 0.176. The van der Waals surface area contributed by atoms with Gasteiger partial charge in [0.15, 0.2) is 0 Å². The van der Waals surface area contributed by atoms with Gasteiger partial charge in [0.25, 0.3) is 5.91 Å². The Morgan fingerprint density at radius 3 is 2.27 bits per heavy atom. The van der Waals surface area contributed by atoms with Gasteiger partial charge in [0, 0.05) is 5.69 Å². The average molecular weight is 355 g/mol. The fourth-order valence-corrected chi connectivity index (χ4v) is 2.49. The highest BCUT2D eigenvalue weighted by Gasteiger charge is 2.19. The number of rotatable bonds is 6. The topological polar surface area (TPSA) is 100 Å². The second kappa shape index (κ2) is 7.51. The number of carbonyl (C=O) groups is 1. The van der Waals surface area contributed by atoms with Gasteiger partial charge in [-0.25, -0.2) is 0 Å². The SMILES string of the molecule is COc1ccc(NC(=O)c2c(OC)cccc2OC)cc1-n1cnnn1. The average Bonchev–Trinajstić information content (AvgIpc) is 3.21. The molecule has 9 heteroatoms. The number of aromatic nitrogens is 4. The number of hydrogen-bond donors (Lipinski definition) is 1. The Kier molecular flexibility index (Phi) is 4.97. The van der Waals surface area contributed by atoms with Crippen molar-refractivity contribution in [2.75, 3.05) is 26.6 Å². The van der Waals surface area contributed by atoms with Crippen molar-refractivity contribution in [2.45, 2.75) is 0 Å². The van der Waals surface area contributed by atoms with Crippen LogP contribution in [0, 0.1) is 0 Å². The molecule has 0 aliphatic carbocycles. The van der Waals surface area contributed by atoms with E-state index in [9.17, 15) is 4.79 Å². The number of anilines is 1. The molecular weight excluding hydrogens is 338 g/mol. The smallest absolute Gasteiger partial charge is 0.263 e. The summed E-state index contributed by atoms with van der Waals surface area (Å²) in [6.45, 7) is 0. The van der Waals surface area contributed by atoms with Gasteiger partial charge in [-0.1, -0.05) is 6.07 Å². The molecule has 0 saturated heterocycles. The number of tetrazole rings is 1. The van der Waals surface area contributed by atoms with Crippen LogP contribution in [0.4, 0.5) is 5.69 Å². The van der Waals surface area contributed by atoms with Gasteiger partial charge in [0.2, 0.25) is 0 Å². The second-order valence-electron chi connectivity index (χ2n) is 5.13. The molecule has 0 atom stereocenters. The van der Waals surface area contributed by atoms with Crippen LogP contribution < -0.4 is 19.5 Å². The second-order valence-corrected chi connectivity index (χ2v) is 5.13. The number of carbonyl (C=O) groups excluding carboxylic acids is 1. The molecule has 1 amide bonds. The molecule has 1 N–H and O–H groups in total. The Hall–Kier alpha value is -3.62. The molecule has 0 unspecified atom stereocenters. The van der Waals surface area contributed by atoms with Crippen molar-refractivity contribution in [3.8, 4) is 22.9 Å². The van der Waals surface area contributed by atoms with Crippen LogP contribution in [0.3, 0.4) is 0 Å². The molecule has 9 nitrogen and oxygen atoms in total. The number of nitrogens with zero attached hydrogens (tertiary/aromatic N) is 4. The molecule has 0 spiro atoms. The summed E-state index contributed by atoms with van der Waals surface area (Å²) in [5, 5.41) is 13.9. The highest BCUT2D eigenvalue weighted by atomic mass is 16.5. The summed E-state index contributed by atoms with van der Waals surface area (Å²) in [6.07, 6.45) is 1.44. The van der Waals surface area contributed by atoms with E-state index < -0.39 is 0 Å². The maximum absolute atomic E-state index is 12.8. The Bertz CT molecular complexity index is 889. The Labute approximate surface area is 149 Å². The number of benzene rings is 2. The molecule has 0 bridgehead atoms. The molecule has 0 fully saturated rings. The maximum Gasteiger partial charge on any atom is 0.263 e. The van der Waals surface area contributed by atoms with Crippen LogP contribution in [0.2, 0.25) is 0 Å². The predicted octanol–water partition coefficient (Wildman–Crippen LogP) is 1.94. The number of nitrogens with one attached hydrogen (secondary N) is 1. The lowest BCUT2D eigenvalue weighted by Gasteiger charge is -2.14. The zero-order valence-electron chi connectivity index (χ0n) is 14.5. The predicted molar refractivity (Wildman–Crippen MR) is 93.2 cm³/mol. The van der Waals surface area contributed by atoms with Gasteiger partial charge < -0.3 is 19.5 Å².